The highest BCUT2D eigenvalue weighted by Gasteiger charge is 2.37. The minimum Gasteiger partial charge on any atom is -0.476 e. The number of sulfonamides is 1. The molecule has 0 aliphatic carbocycles. The van der Waals surface area contributed by atoms with E-state index in [1.165, 1.54) is 4.31 Å². The molecule has 0 saturated heterocycles. The number of ether oxygens (including phenoxy) is 1. The fourth-order valence-corrected chi connectivity index (χ4v) is 3.61. The Bertz CT molecular complexity index is 641. The van der Waals surface area contributed by atoms with Crippen molar-refractivity contribution in [1.82, 2.24) is 4.90 Å². The van der Waals surface area contributed by atoms with Crippen molar-refractivity contribution >= 4 is 21.6 Å². The summed E-state index contributed by atoms with van der Waals surface area (Å²) in [6.45, 7) is 6.52. The number of anilines is 1. The minimum atomic E-state index is -3.46. The fraction of sp³-hybridized carbons (Fsp3) is 0.533. The quantitative estimate of drug-likeness (QED) is 0.822. The molecular weight excluding hydrogens is 304 g/mol. The average molecular weight is 326 g/mol. The molecular formula is C15H22N2O4S. The van der Waals surface area contributed by atoms with Gasteiger partial charge < -0.3 is 9.64 Å². The van der Waals surface area contributed by atoms with Crippen molar-refractivity contribution < 1.29 is 17.9 Å². The first-order valence-electron chi connectivity index (χ1n) is 7.49. The predicted octanol–water partition coefficient (Wildman–Crippen LogP) is 1.47. The van der Waals surface area contributed by atoms with Crippen LogP contribution >= 0.6 is 0 Å². The van der Waals surface area contributed by atoms with E-state index < -0.39 is 16.1 Å². The molecule has 0 bridgehead atoms. The van der Waals surface area contributed by atoms with Crippen molar-refractivity contribution in [2.45, 2.75) is 26.9 Å². The van der Waals surface area contributed by atoms with Crippen molar-refractivity contribution in [1.29, 1.82) is 0 Å². The normalized spacial score (nSPS) is 17.6. The van der Waals surface area contributed by atoms with E-state index in [1.54, 1.807) is 36.1 Å². The van der Waals surface area contributed by atoms with Gasteiger partial charge in [0, 0.05) is 13.1 Å². The molecule has 0 fully saturated rings. The van der Waals surface area contributed by atoms with Gasteiger partial charge in [0.2, 0.25) is 10.0 Å². The Morgan fingerprint density at radius 3 is 2.50 bits per heavy atom. The maximum Gasteiger partial charge on any atom is 0.265 e. The monoisotopic (exact) mass is 326 g/mol. The van der Waals surface area contributed by atoms with Crippen LogP contribution in [0.2, 0.25) is 0 Å². The predicted molar refractivity (Wildman–Crippen MR) is 85.6 cm³/mol. The molecule has 1 aromatic rings. The van der Waals surface area contributed by atoms with Crippen LogP contribution in [0.15, 0.2) is 24.3 Å². The van der Waals surface area contributed by atoms with Crippen molar-refractivity contribution in [2.24, 2.45) is 0 Å². The van der Waals surface area contributed by atoms with Gasteiger partial charge in [-0.1, -0.05) is 12.1 Å². The second-order valence-corrected chi connectivity index (χ2v) is 7.20. The molecule has 0 saturated carbocycles. The van der Waals surface area contributed by atoms with Gasteiger partial charge in [-0.2, -0.15) is 0 Å². The summed E-state index contributed by atoms with van der Waals surface area (Å²) in [6, 6.07) is 6.91. The number of carbonyl (C=O) groups is 1. The van der Waals surface area contributed by atoms with Crippen LogP contribution in [0.25, 0.3) is 0 Å². The smallest absolute Gasteiger partial charge is 0.265 e. The zero-order chi connectivity index (χ0) is 16.3. The van der Waals surface area contributed by atoms with Crippen LogP contribution < -0.4 is 9.04 Å². The van der Waals surface area contributed by atoms with Gasteiger partial charge in [-0.15, -0.1) is 0 Å². The van der Waals surface area contributed by atoms with E-state index in [1.807, 2.05) is 13.8 Å². The number of rotatable bonds is 5. The van der Waals surface area contributed by atoms with Gasteiger partial charge in [-0.3, -0.25) is 9.10 Å². The number of amides is 1. The summed E-state index contributed by atoms with van der Waals surface area (Å²) in [5, 5.41) is 0. The summed E-state index contributed by atoms with van der Waals surface area (Å²) < 4.78 is 31.7. The van der Waals surface area contributed by atoms with Gasteiger partial charge in [0.1, 0.15) is 5.75 Å². The average Bonchev–Trinajstić information content (AvgIpc) is 2.54. The first-order valence-corrected chi connectivity index (χ1v) is 9.10. The van der Waals surface area contributed by atoms with Gasteiger partial charge in [0.25, 0.3) is 5.91 Å². The topological polar surface area (TPSA) is 66.9 Å². The Balaban J connectivity index is 2.39. The maximum atomic E-state index is 12.5. The van der Waals surface area contributed by atoms with Crippen LogP contribution in [0.1, 0.15) is 20.8 Å². The second kappa shape index (κ2) is 6.56. The third-order valence-electron chi connectivity index (χ3n) is 3.79. The number of para-hydroxylation sites is 2. The number of nitrogens with zero attached hydrogens (tertiary/aromatic N) is 2. The molecule has 6 nitrogen and oxygen atoms in total. The summed E-state index contributed by atoms with van der Waals surface area (Å²) in [5.41, 5.74) is 0.493. The highest BCUT2D eigenvalue weighted by molar-refractivity contribution is 7.92. The molecule has 1 aromatic carbocycles. The summed E-state index contributed by atoms with van der Waals surface area (Å²) >= 11 is 0. The molecule has 0 unspecified atom stereocenters. The molecule has 122 valence electrons. The van der Waals surface area contributed by atoms with Crippen LogP contribution in [-0.2, 0) is 14.8 Å². The van der Waals surface area contributed by atoms with Gasteiger partial charge in [-0.25, -0.2) is 8.42 Å². The fourth-order valence-electron chi connectivity index (χ4n) is 2.49. The molecule has 0 spiro atoms. The number of fused-ring (bicyclic) bond motifs is 1. The number of benzene rings is 1. The van der Waals surface area contributed by atoms with E-state index in [0.29, 0.717) is 24.5 Å². The van der Waals surface area contributed by atoms with E-state index in [2.05, 4.69) is 0 Å². The van der Waals surface area contributed by atoms with Crippen LogP contribution in [-0.4, -0.2) is 50.7 Å². The number of hydrogen-bond donors (Lipinski definition) is 0. The summed E-state index contributed by atoms with van der Waals surface area (Å²) in [5.74, 6) is 0.222. The number of carbonyl (C=O) groups excluding carboxylic acids is 1. The van der Waals surface area contributed by atoms with Crippen LogP contribution in [0.5, 0.6) is 5.75 Å². The van der Waals surface area contributed by atoms with Crippen LogP contribution in [0.3, 0.4) is 0 Å². The molecule has 0 radical (unpaired) electrons. The lowest BCUT2D eigenvalue weighted by Gasteiger charge is -2.36. The van der Waals surface area contributed by atoms with Crippen molar-refractivity contribution in [2.75, 3.05) is 29.7 Å². The molecule has 1 aliphatic rings. The molecule has 1 atom stereocenters. The van der Waals surface area contributed by atoms with Gasteiger partial charge in [0.05, 0.1) is 18.0 Å². The number of likely N-dealkylation sites (N-methyl/N-ethyl adjacent to an activating group) is 1. The third-order valence-corrected chi connectivity index (χ3v) is 5.53. The van der Waals surface area contributed by atoms with Crippen molar-refractivity contribution in [3.63, 3.8) is 0 Å². The molecule has 7 heteroatoms. The molecule has 0 N–H and O–H groups in total. The van der Waals surface area contributed by atoms with E-state index >= 15 is 0 Å². The van der Waals surface area contributed by atoms with Gasteiger partial charge in [-0.05, 0) is 32.9 Å². The SMILES string of the molecule is CCN(CC)C(=O)[C@@H]1CN(S(=O)(=O)CC)c2ccccc2O1. The second-order valence-electron chi connectivity index (χ2n) is 5.02. The zero-order valence-electron chi connectivity index (χ0n) is 13.2. The lowest BCUT2D eigenvalue weighted by Crippen LogP contribution is -2.52. The number of hydrogen-bond acceptors (Lipinski definition) is 4. The minimum absolute atomic E-state index is 0.0164. The Morgan fingerprint density at radius 1 is 1.27 bits per heavy atom. The van der Waals surface area contributed by atoms with E-state index in [-0.39, 0.29) is 18.2 Å². The van der Waals surface area contributed by atoms with Crippen molar-refractivity contribution in [3.8, 4) is 5.75 Å². The maximum absolute atomic E-state index is 12.5. The lowest BCUT2D eigenvalue weighted by molar-refractivity contribution is -0.138. The van der Waals surface area contributed by atoms with E-state index in [9.17, 15) is 13.2 Å². The highest BCUT2D eigenvalue weighted by Crippen LogP contribution is 2.35. The summed E-state index contributed by atoms with van der Waals surface area (Å²) in [4.78, 5) is 14.2. The molecule has 0 aromatic heterocycles. The zero-order valence-corrected chi connectivity index (χ0v) is 14.0. The first kappa shape index (κ1) is 16.6. The molecule has 1 amide bonds. The lowest BCUT2D eigenvalue weighted by atomic mass is 10.2. The van der Waals surface area contributed by atoms with Gasteiger partial charge in [0.15, 0.2) is 6.10 Å². The Morgan fingerprint density at radius 2 is 1.91 bits per heavy atom. The first-order chi connectivity index (χ1) is 10.4. The largest absolute Gasteiger partial charge is 0.476 e. The van der Waals surface area contributed by atoms with E-state index in [0.717, 1.165) is 0 Å². The van der Waals surface area contributed by atoms with Crippen LogP contribution in [0.4, 0.5) is 5.69 Å². The van der Waals surface area contributed by atoms with Crippen molar-refractivity contribution in [3.05, 3.63) is 24.3 Å². The highest BCUT2D eigenvalue weighted by atomic mass is 32.2. The van der Waals surface area contributed by atoms with Gasteiger partial charge >= 0.3 is 0 Å². The Kier molecular flexibility index (Phi) is 4.95. The summed E-state index contributed by atoms with van der Waals surface area (Å²) in [6.07, 6.45) is -0.809. The Labute approximate surface area is 131 Å². The van der Waals surface area contributed by atoms with E-state index in [4.69, 9.17) is 4.74 Å². The standard InChI is InChI=1S/C15H22N2O4S/c1-4-16(5-2)15(18)14-11-17(22(19,20)6-3)12-9-7-8-10-13(12)21-14/h7-10,14H,4-6,11H2,1-3H3/t14-/m0/s1. The third kappa shape index (κ3) is 3.04. The summed E-state index contributed by atoms with van der Waals surface area (Å²) in [7, 11) is -3.46. The molecule has 1 heterocycles. The molecule has 1 aliphatic heterocycles. The van der Waals surface area contributed by atoms with Crippen LogP contribution in [0, 0.1) is 0 Å². The molecule has 22 heavy (non-hydrogen) atoms. The molecule has 2 rings (SSSR count). The Hall–Kier alpha value is -1.76.